The van der Waals surface area contributed by atoms with Gasteiger partial charge in [0.1, 0.15) is 5.82 Å². The Bertz CT molecular complexity index is 628. The van der Waals surface area contributed by atoms with Gasteiger partial charge in [0.2, 0.25) is 17.7 Å². The summed E-state index contributed by atoms with van der Waals surface area (Å²) in [7, 11) is 0. The van der Waals surface area contributed by atoms with E-state index in [9.17, 15) is 14.4 Å². The van der Waals surface area contributed by atoms with Crippen LogP contribution in [-0.4, -0.2) is 78.3 Å². The molecule has 8 heteroatoms. The molecule has 0 saturated carbocycles. The molecule has 0 spiro atoms. The van der Waals surface area contributed by atoms with Gasteiger partial charge < -0.3 is 20.0 Å². The minimum atomic E-state index is -0.142. The van der Waals surface area contributed by atoms with Crippen molar-refractivity contribution in [3.05, 3.63) is 24.4 Å². The lowest BCUT2D eigenvalue weighted by molar-refractivity contribution is -0.140. The number of aromatic nitrogens is 1. The highest BCUT2D eigenvalue weighted by Crippen LogP contribution is 2.13. The molecule has 2 fully saturated rings. The number of carbonyl (C=O) groups excluding carboxylic acids is 3. The van der Waals surface area contributed by atoms with Crippen LogP contribution in [0.3, 0.4) is 0 Å². The van der Waals surface area contributed by atoms with Crippen molar-refractivity contribution in [2.24, 2.45) is 0 Å². The summed E-state index contributed by atoms with van der Waals surface area (Å²) in [6.07, 6.45) is 2.12. The lowest BCUT2D eigenvalue weighted by atomic mass is 10.2. The van der Waals surface area contributed by atoms with Gasteiger partial charge in [0.25, 0.3) is 0 Å². The summed E-state index contributed by atoms with van der Waals surface area (Å²) < 4.78 is 0. The van der Waals surface area contributed by atoms with Gasteiger partial charge in [0.15, 0.2) is 0 Å². The topological polar surface area (TPSA) is 85.9 Å². The third-order valence-electron chi connectivity index (χ3n) is 4.55. The average molecular weight is 345 g/mol. The molecule has 0 unspecified atom stereocenters. The third-order valence-corrected chi connectivity index (χ3v) is 4.55. The summed E-state index contributed by atoms with van der Waals surface area (Å²) in [6.45, 7) is 3.84. The van der Waals surface area contributed by atoms with E-state index in [-0.39, 0.29) is 37.1 Å². The number of hydrogen-bond donors (Lipinski definition) is 1. The lowest BCUT2D eigenvalue weighted by Crippen LogP contribution is -2.51. The summed E-state index contributed by atoms with van der Waals surface area (Å²) in [4.78, 5) is 45.6. The fourth-order valence-corrected chi connectivity index (χ4v) is 3.11. The number of nitrogens with one attached hydrogen (secondary N) is 1. The first-order valence-electron chi connectivity index (χ1n) is 8.62. The summed E-state index contributed by atoms with van der Waals surface area (Å²) in [5.41, 5.74) is 0. The Kier molecular flexibility index (Phi) is 5.47. The Morgan fingerprint density at radius 1 is 1.00 bits per heavy atom. The van der Waals surface area contributed by atoms with E-state index in [0.29, 0.717) is 26.2 Å². The molecule has 25 heavy (non-hydrogen) atoms. The van der Waals surface area contributed by atoms with Crippen LogP contribution in [-0.2, 0) is 14.4 Å². The van der Waals surface area contributed by atoms with Gasteiger partial charge in [0.05, 0.1) is 6.54 Å². The largest absolute Gasteiger partial charge is 0.353 e. The Hall–Kier alpha value is -2.64. The number of carbonyl (C=O) groups is 3. The van der Waals surface area contributed by atoms with E-state index in [0.717, 1.165) is 18.9 Å². The molecular weight excluding hydrogens is 322 g/mol. The average Bonchev–Trinajstić information content (AvgIpc) is 2.66. The Morgan fingerprint density at radius 3 is 2.36 bits per heavy atom. The predicted molar refractivity (Wildman–Crippen MR) is 91.9 cm³/mol. The number of hydrogen-bond acceptors (Lipinski definition) is 5. The Balaban J connectivity index is 1.42. The summed E-state index contributed by atoms with van der Waals surface area (Å²) >= 11 is 0. The van der Waals surface area contributed by atoms with Crippen LogP contribution < -0.4 is 10.2 Å². The monoisotopic (exact) mass is 345 g/mol. The molecular formula is C17H23N5O3. The van der Waals surface area contributed by atoms with Crippen molar-refractivity contribution in [1.29, 1.82) is 0 Å². The molecule has 2 aliphatic heterocycles. The van der Waals surface area contributed by atoms with Gasteiger partial charge in [-0.1, -0.05) is 6.07 Å². The molecule has 0 atom stereocenters. The Morgan fingerprint density at radius 2 is 1.72 bits per heavy atom. The normalized spacial score (nSPS) is 18.1. The number of piperazine rings is 2. The predicted octanol–water partition coefficient (Wildman–Crippen LogP) is -0.531. The molecule has 3 rings (SSSR count). The third kappa shape index (κ3) is 4.46. The first-order valence-corrected chi connectivity index (χ1v) is 8.62. The SMILES string of the molecule is O=C1CN(C(=O)CCC(=O)N2CCN(c3ccccn3)CC2)CCN1. The van der Waals surface area contributed by atoms with Gasteiger partial charge in [-0.2, -0.15) is 0 Å². The van der Waals surface area contributed by atoms with Gasteiger partial charge in [-0.05, 0) is 12.1 Å². The van der Waals surface area contributed by atoms with E-state index in [1.54, 1.807) is 11.1 Å². The first-order chi connectivity index (χ1) is 12.1. The van der Waals surface area contributed by atoms with Crippen LogP contribution in [0.15, 0.2) is 24.4 Å². The molecule has 134 valence electrons. The molecule has 0 bridgehead atoms. The number of amides is 3. The Labute approximate surface area is 146 Å². The fraction of sp³-hybridized carbons (Fsp3) is 0.529. The second kappa shape index (κ2) is 7.96. The highest BCUT2D eigenvalue weighted by Gasteiger charge is 2.24. The van der Waals surface area contributed by atoms with Crippen LogP contribution in [0.25, 0.3) is 0 Å². The molecule has 1 aromatic rings. The van der Waals surface area contributed by atoms with Crippen molar-refractivity contribution in [3.8, 4) is 0 Å². The second-order valence-electron chi connectivity index (χ2n) is 6.22. The van der Waals surface area contributed by atoms with Crippen molar-refractivity contribution >= 4 is 23.5 Å². The van der Waals surface area contributed by atoms with Crippen LogP contribution in [0.1, 0.15) is 12.8 Å². The summed E-state index contributed by atoms with van der Waals surface area (Å²) in [5, 5.41) is 2.68. The van der Waals surface area contributed by atoms with Crippen LogP contribution in [0.2, 0.25) is 0 Å². The minimum absolute atomic E-state index is 0.00418. The first kappa shape index (κ1) is 17.2. The van der Waals surface area contributed by atoms with Gasteiger partial charge >= 0.3 is 0 Å². The molecule has 3 heterocycles. The zero-order chi connectivity index (χ0) is 17.6. The molecule has 1 aromatic heterocycles. The maximum absolute atomic E-state index is 12.3. The zero-order valence-electron chi connectivity index (χ0n) is 14.2. The smallest absolute Gasteiger partial charge is 0.239 e. The van der Waals surface area contributed by atoms with Gasteiger partial charge in [-0.3, -0.25) is 14.4 Å². The van der Waals surface area contributed by atoms with Crippen LogP contribution in [0.5, 0.6) is 0 Å². The van der Waals surface area contributed by atoms with E-state index in [2.05, 4.69) is 15.2 Å². The van der Waals surface area contributed by atoms with Gasteiger partial charge in [0, 0.05) is 58.3 Å². The van der Waals surface area contributed by atoms with Crippen molar-refractivity contribution < 1.29 is 14.4 Å². The molecule has 0 aliphatic carbocycles. The van der Waals surface area contributed by atoms with Crippen LogP contribution >= 0.6 is 0 Å². The van der Waals surface area contributed by atoms with Crippen molar-refractivity contribution in [1.82, 2.24) is 20.1 Å². The van der Waals surface area contributed by atoms with E-state index in [4.69, 9.17) is 0 Å². The van der Waals surface area contributed by atoms with Crippen molar-refractivity contribution in [2.75, 3.05) is 50.7 Å². The number of anilines is 1. The van der Waals surface area contributed by atoms with E-state index >= 15 is 0 Å². The molecule has 2 aliphatic rings. The van der Waals surface area contributed by atoms with Gasteiger partial charge in [-0.15, -0.1) is 0 Å². The number of pyridine rings is 1. The molecule has 3 amide bonds. The summed E-state index contributed by atoms with van der Waals surface area (Å²) in [6, 6.07) is 5.80. The van der Waals surface area contributed by atoms with Crippen molar-refractivity contribution in [2.45, 2.75) is 12.8 Å². The molecule has 2 saturated heterocycles. The van der Waals surface area contributed by atoms with Crippen LogP contribution in [0.4, 0.5) is 5.82 Å². The minimum Gasteiger partial charge on any atom is -0.353 e. The maximum atomic E-state index is 12.3. The highest BCUT2D eigenvalue weighted by atomic mass is 16.2. The number of nitrogens with zero attached hydrogens (tertiary/aromatic N) is 4. The quantitative estimate of drug-likeness (QED) is 0.793. The molecule has 0 aromatic carbocycles. The standard InChI is InChI=1S/C17H23N5O3/c23-15-13-22(8-7-19-15)17(25)5-4-16(24)21-11-9-20(10-12-21)14-3-1-2-6-18-14/h1-3,6H,4-5,7-13H2,(H,19,23). The fourth-order valence-electron chi connectivity index (χ4n) is 3.11. The molecule has 1 N–H and O–H groups in total. The lowest BCUT2D eigenvalue weighted by Gasteiger charge is -2.35. The van der Waals surface area contributed by atoms with E-state index < -0.39 is 0 Å². The second-order valence-corrected chi connectivity index (χ2v) is 6.22. The van der Waals surface area contributed by atoms with E-state index in [1.807, 2.05) is 18.2 Å². The highest BCUT2D eigenvalue weighted by molar-refractivity contribution is 5.88. The van der Waals surface area contributed by atoms with Gasteiger partial charge in [-0.25, -0.2) is 4.98 Å². The van der Waals surface area contributed by atoms with Crippen LogP contribution in [0, 0.1) is 0 Å². The van der Waals surface area contributed by atoms with Crippen molar-refractivity contribution in [3.63, 3.8) is 0 Å². The molecule has 0 radical (unpaired) electrons. The summed E-state index contributed by atoms with van der Waals surface area (Å²) in [5.74, 6) is 0.649. The number of rotatable bonds is 4. The zero-order valence-corrected chi connectivity index (χ0v) is 14.2. The maximum Gasteiger partial charge on any atom is 0.239 e. The molecule has 8 nitrogen and oxygen atoms in total. The van der Waals surface area contributed by atoms with E-state index in [1.165, 1.54) is 4.90 Å².